The van der Waals surface area contributed by atoms with Crippen LogP contribution >= 0.6 is 11.3 Å². The van der Waals surface area contributed by atoms with Crippen LogP contribution in [0.3, 0.4) is 0 Å². The Kier molecular flexibility index (Phi) is 3.34. The lowest BCUT2D eigenvalue weighted by atomic mass is 10.1. The number of benzene rings is 1. The molecule has 1 aliphatic carbocycles. The number of aldehydes is 1. The van der Waals surface area contributed by atoms with Gasteiger partial charge >= 0.3 is 0 Å². The first-order chi connectivity index (χ1) is 9.60. The van der Waals surface area contributed by atoms with Gasteiger partial charge in [-0.2, -0.15) is 0 Å². The molecule has 0 radical (unpaired) electrons. The van der Waals surface area contributed by atoms with Gasteiger partial charge in [0, 0.05) is 18.7 Å². The third kappa shape index (κ3) is 2.36. The van der Waals surface area contributed by atoms with Crippen molar-refractivity contribution < 1.29 is 4.79 Å². The van der Waals surface area contributed by atoms with Crippen LogP contribution in [0.1, 0.15) is 45.3 Å². The van der Waals surface area contributed by atoms with Crippen molar-refractivity contribution in [3.05, 3.63) is 39.9 Å². The molecule has 1 fully saturated rings. The molecule has 1 aliphatic rings. The highest BCUT2D eigenvalue weighted by atomic mass is 32.1. The molecular formula is C16H18N2OS. The van der Waals surface area contributed by atoms with E-state index in [9.17, 15) is 4.79 Å². The van der Waals surface area contributed by atoms with Crippen molar-refractivity contribution in [3.8, 4) is 0 Å². The van der Waals surface area contributed by atoms with Gasteiger partial charge in [-0.15, -0.1) is 0 Å². The number of rotatable bonds is 4. The molecule has 1 aromatic heterocycles. The Morgan fingerprint density at radius 3 is 2.70 bits per heavy atom. The number of nitrogens with zero attached hydrogens (tertiary/aromatic N) is 2. The third-order valence-corrected chi connectivity index (χ3v) is 4.81. The zero-order chi connectivity index (χ0) is 14.3. The highest BCUT2D eigenvalue weighted by Gasteiger charge is 2.30. The second-order valence-corrected chi connectivity index (χ2v) is 6.50. The number of aryl methyl sites for hydroxylation is 2. The van der Waals surface area contributed by atoms with Crippen molar-refractivity contribution in [2.45, 2.75) is 32.6 Å². The van der Waals surface area contributed by atoms with Crippen LogP contribution in [0.5, 0.6) is 0 Å². The SMILES string of the molecule is Cc1ccc(N(C)c2nc(C3CC3)c(C=O)s2)c(C)c1. The van der Waals surface area contributed by atoms with Crippen molar-refractivity contribution in [1.29, 1.82) is 0 Å². The topological polar surface area (TPSA) is 33.2 Å². The maximum atomic E-state index is 11.2. The van der Waals surface area contributed by atoms with Crippen molar-refractivity contribution in [3.63, 3.8) is 0 Å². The summed E-state index contributed by atoms with van der Waals surface area (Å²) < 4.78 is 0. The van der Waals surface area contributed by atoms with Crippen LogP contribution in [0.15, 0.2) is 18.2 Å². The average molecular weight is 286 g/mol. The van der Waals surface area contributed by atoms with E-state index in [1.165, 1.54) is 22.5 Å². The predicted molar refractivity (Wildman–Crippen MR) is 83.5 cm³/mol. The lowest BCUT2D eigenvalue weighted by Gasteiger charge is -2.18. The van der Waals surface area contributed by atoms with Crippen molar-refractivity contribution >= 4 is 28.4 Å². The first-order valence-electron chi connectivity index (χ1n) is 6.87. The lowest BCUT2D eigenvalue weighted by molar-refractivity contribution is 0.112. The first-order valence-corrected chi connectivity index (χ1v) is 7.68. The summed E-state index contributed by atoms with van der Waals surface area (Å²) in [6.07, 6.45) is 3.28. The van der Waals surface area contributed by atoms with Gasteiger partial charge in [0.15, 0.2) is 11.4 Å². The van der Waals surface area contributed by atoms with E-state index in [4.69, 9.17) is 4.98 Å². The summed E-state index contributed by atoms with van der Waals surface area (Å²) in [5.41, 5.74) is 4.62. The Labute approximate surface area is 123 Å². The number of hydrogen-bond donors (Lipinski definition) is 0. The molecule has 3 nitrogen and oxygen atoms in total. The van der Waals surface area contributed by atoms with Gasteiger partial charge in [-0.1, -0.05) is 29.0 Å². The highest BCUT2D eigenvalue weighted by Crippen LogP contribution is 2.44. The Morgan fingerprint density at radius 1 is 1.35 bits per heavy atom. The number of hydrogen-bond acceptors (Lipinski definition) is 4. The zero-order valence-electron chi connectivity index (χ0n) is 12.0. The Morgan fingerprint density at radius 2 is 2.10 bits per heavy atom. The number of aromatic nitrogens is 1. The monoisotopic (exact) mass is 286 g/mol. The predicted octanol–water partition coefficient (Wildman–Crippen LogP) is 4.22. The molecule has 1 heterocycles. The smallest absolute Gasteiger partial charge is 0.190 e. The molecule has 0 amide bonds. The van der Waals surface area contributed by atoms with E-state index in [2.05, 4.69) is 36.9 Å². The molecule has 2 aromatic rings. The zero-order valence-corrected chi connectivity index (χ0v) is 12.8. The fourth-order valence-electron chi connectivity index (χ4n) is 2.49. The van der Waals surface area contributed by atoms with Crippen LogP contribution in [0.2, 0.25) is 0 Å². The van der Waals surface area contributed by atoms with Crippen molar-refractivity contribution in [1.82, 2.24) is 4.98 Å². The summed E-state index contributed by atoms with van der Waals surface area (Å²) in [5, 5.41) is 0.904. The minimum absolute atomic E-state index is 0.507. The Balaban J connectivity index is 1.97. The molecule has 4 heteroatoms. The fourth-order valence-corrected chi connectivity index (χ4v) is 3.43. The summed E-state index contributed by atoms with van der Waals surface area (Å²) in [5.74, 6) is 0.507. The van der Waals surface area contributed by atoms with E-state index in [0.29, 0.717) is 5.92 Å². The third-order valence-electron chi connectivity index (χ3n) is 3.74. The van der Waals surface area contributed by atoms with Gasteiger partial charge in [-0.05, 0) is 38.3 Å². The molecule has 0 spiro atoms. The number of anilines is 2. The van der Waals surface area contributed by atoms with E-state index in [0.717, 1.165) is 40.5 Å². The van der Waals surface area contributed by atoms with E-state index in [1.807, 2.05) is 7.05 Å². The average Bonchev–Trinajstić information content (AvgIpc) is 3.17. The van der Waals surface area contributed by atoms with Gasteiger partial charge in [0.05, 0.1) is 10.6 Å². The lowest BCUT2D eigenvalue weighted by Crippen LogP contribution is -2.10. The Hall–Kier alpha value is -1.68. The molecule has 0 N–H and O–H groups in total. The van der Waals surface area contributed by atoms with Crippen LogP contribution in [0, 0.1) is 13.8 Å². The molecule has 0 unspecified atom stereocenters. The Bertz CT molecular complexity index is 658. The summed E-state index contributed by atoms with van der Waals surface area (Å²) in [6.45, 7) is 4.20. The molecule has 1 aromatic carbocycles. The van der Waals surface area contributed by atoms with Crippen LogP contribution in [0.25, 0.3) is 0 Å². The molecular weight excluding hydrogens is 268 g/mol. The quantitative estimate of drug-likeness (QED) is 0.789. The van der Waals surface area contributed by atoms with E-state index in [1.54, 1.807) is 0 Å². The summed E-state index contributed by atoms with van der Waals surface area (Å²) in [4.78, 5) is 18.8. The molecule has 0 aliphatic heterocycles. The van der Waals surface area contributed by atoms with Crippen LogP contribution in [0.4, 0.5) is 10.8 Å². The molecule has 20 heavy (non-hydrogen) atoms. The van der Waals surface area contributed by atoms with Crippen LogP contribution in [-0.2, 0) is 0 Å². The number of carbonyl (C=O) groups excluding carboxylic acids is 1. The maximum Gasteiger partial charge on any atom is 0.190 e. The molecule has 0 saturated heterocycles. The van der Waals surface area contributed by atoms with Gasteiger partial charge in [0.1, 0.15) is 0 Å². The van der Waals surface area contributed by atoms with Gasteiger partial charge in [0.2, 0.25) is 0 Å². The minimum atomic E-state index is 0.507. The molecule has 104 valence electrons. The number of carbonyl (C=O) groups is 1. The normalized spacial score (nSPS) is 14.3. The summed E-state index contributed by atoms with van der Waals surface area (Å²) >= 11 is 1.49. The van der Waals surface area contributed by atoms with E-state index >= 15 is 0 Å². The molecule has 1 saturated carbocycles. The second kappa shape index (κ2) is 5.02. The first kappa shape index (κ1) is 13.3. The van der Waals surface area contributed by atoms with Crippen LogP contribution in [-0.4, -0.2) is 18.3 Å². The largest absolute Gasteiger partial charge is 0.321 e. The maximum absolute atomic E-state index is 11.2. The summed E-state index contributed by atoms with van der Waals surface area (Å²) in [6, 6.07) is 6.39. The standard InChI is InChI=1S/C16H18N2OS/c1-10-4-7-13(11(2)8-10)18(3)16-17-15(12-5-6-12)14(9-19)20-16/h4,7-9,12H,5-6H2,1-3H3. The van der Waals surface area contributed by atoms with Crippen molar-refractivity contribution in [2.24, 2.45) is 0 Å². The number of thiazole rings is 1. The minimum Gasteiger partial charge on any atom is -0.321 e. The van der Waals surface area contributed by atoms with Crippen LogP contribution < -0.4 is 4.90 Å². The molecule has 3 rings (SSSR count). The van der Waals surface area contributed by atoms with Gasteiger partial charge in [0.25, 0.3) is 0 Å². The molecule has 0 bridgehead atoms. The molecule has 0 atom stereocenters. The van der Waals surface area contributed by atoms with Gasteiger partial charge in [-0.3, -0.25) is 4.79 Å². The highest BCUT2D eigenvalue weighted by molar-refractivity contribution is 7.17. The van der Waals surface area contributed by atoms with Crippen molar-refractivity contribution in [2.75, 3.05) is 11.9 Å². The van der Waals surface area contributed by atoms with Gasteiger partial charge in [-0.25, -0.2) is 4.98 Å². The van der Waals surface area contributed by atoms with E-state index < -0.39 is 0 Å². The summed E-state index contributed by atoms with van der Waals surface area (Å²) in [7, 11) is 2.02. The fraction of sp³-hybridized carbons (Fsp3) is 0.375. The van der Waals surface area contributed by atoms with E-state index in [-0.39, 0.29) is 0 Å². The second-order valence-electron chi connectivity index (χ2n) is 5.49. The van der Waals surface area contributed by atoms with Gasteiger partial charge < -0.3 is 4.90 Å².